The summed E-state index contributed by atoms with van der Waals surface area (Å²) in [5.41, 5.74) is 0.220. The van der Waals surface area contributed by atoms with E-state index in [1.165, 1.54) is 7.11 Å². The number of oxazole rings is 1. The van der Waals surface area contributed by atoms with Crippen LogP contribution in [-0.4, -0.2) is 35.4 Å². The van der Waals surface area contributed by atoms with Crippen LogP contribution in [0.3, 0.4) is 0 Å². The number of aromatic nitrogens is 1. The van der Waals surface area contributed by atoms with E-state index in [0.717, 1.165) is 24.4 Å². The van der Waals surface area contributed by atoms with Gasteiger partial charge in [0.05, 0.1) is 12.8 Å². The largest absolute Gasteiger partial charge is 0.468 e. The fraction of sp³-hybridized carbons (Fsp3) is 0.733. The van der Waals surface area contributed by atoms with Gasteiger partial charge in [0.15, 0.2) is 0 Å². The average Bonchev–Trinajstić information content (AvgIpc) is 2.73. The molecule has 2 atom stereocenters. The SMILES string of the molecule is CCCNC(C)(CC(C)Sc1nc(C)c(C)o1)C(=O)OC. The van der Waals surface area contributed by atoms with E-state index in [9.17, 15) is 4.79 Å². The molecule has 1 aromatic rings. The maximum atomic E-state index is 12.1. The highest BCUT2D eigenvalue weighted by atomic mass is 32.2. The van der Waals surface area contributed by atoms with E-state index in [2.05, 4.69) is 24.1 Å². The van der Waals surface area contributed by atoms with Crippen LogP contribution in [-0.2, 0) is 9.53 Å². The Balaban J connectivity index is 2.71. The predicted octanol–water partition coefficient (Wildman–Crippen LogP) is 3.09. The third-order valence-electron chi connectivity index (χ3n) is 3.41. The number of carbonyl (C=O) groups is 1. The number of nitrogens with zero attached hydrogens (tertiary/aromatic N) is 1. The number of hydrogen-bond donors (Lipinski definition) is 1. The first-order chi connectivity index (χ1) is 9.82. The second-order valence-corrected chi connectivity index (χ2v) is 6.89. The second-order valence-electron chi connectivity index (χ2n) is 5.50. The van der Waals surface area contributed by atoms with Crippen molar-refractivity contribution in [1.29, 1.82) is 0 Å². The molecule has 2 unspecified atom stereocenters. The zero-order chi connectivity index (χ0) is 16.0. The van der Waals surface area contributed by atoms with E-state index in [4.69, 9.17) is 9.15 Å². The van der Waals surface area contributed by atoms with Crippen molar-refractivity contribution in [3.05, 3.63) is 11.5 Å². The van der Waals surface area contributed by atoms with Gasteiger partial charge in [-0.1, -0.05) is 25.6 Å². The summed E-state index contributed by atoms with van der Waals surface area (Å²) in [6, 6.07) is 0. The number of esters is 1. The summed E-state index contributed by atoms with van der Waals surface area (Å²) in [4.78, 5) is 16.4. The van der Waals surface area contributed by atoms with Gasteiger partial charge >= 0.3 is 5.97 Å². The molecule has 0 radical (unpaired) electrons. The summed E-state index contributed by atoms with van der Waals surface area (Å²) in [6.07, 6.45) is 1.61. The van der Waals surface area contributed by atoms with Gasteiger partial charge in [-0.15, -0.1) is 0 Å². The first kappa shape index (κ1) is 18.0. The van der Waals surface area contributed by atoms with Crippen molar-refractivity contribution in [3.8, 4) is 0 Å². The lowest BCUT2D eigenvalue weighted by Crippen LogP contribution is -2.51. The Labute approximate surface area is 131 Å². The van der Waals surface area contributed by atoms with Crippen molar-refractivity contribution < 1.29 is 13.9 Å². The minimum Gasteiger partial charge on any atom is -0.468 e. The van der Waals surface area contributed by atoms with Crippen LogP contribution in [0.2, 0.25) is 0 Å². The molecule has 0 bridgehead atoms. The minimum absolute atomic E-state index is 0.177. The zero-order valence-electron chi connectivity index (χ0n) is 13.8. The number of hydrogen-bond acceptors (Lipinski definition) is 6. The molecule has 0 fully saturated rings. The molecule has 0 aliphatic carbocycles. The molecule has 0 saturated heterocycles. The van der Waals surface area contributed by atoms with Crippen LogP contribution in [0.4, 0.5) is 0 Å². The van der Waals surface area contributed by atoms with E-state index in [-0.39, 0.29) is 11.2 Å². The molecular weight excluding hydrogens is 288 g/mol. The summed E-state index contributed by atoms with van der Waals surface area (Å²) < 4.78 is 10.5. The predicted molar refractivity (Wildman–Crippen MR) is 84.6 cm³/mol. The molecule has 0 spiro atoms. The number of nitrogens with one attached hydrogen (secondary N) is 1. The van der Waals surface area contributed by atoms with Crippen molar-refractivity contribution in [2.24, 2.45) is 0 Å². The molecule has 1 heterocycles. The smallest absolute Gasteiger partial charge is 0.325 e. The third-order valence-corrected chi connectivity index (χ3v) is 4.35. The lowest BCUT2D eigenvalue weighted by Gasteiger charge is -2.30. The average molecular weight is 314 g/mol. The molecule has 1 N–H and O–H groups in total. The first-order valence-corrected chi connectivity index (χ1v) is 8.14. The van der Waals surface area contributed by atoms with E-state index in [0.29, 0.717) is 11.6 Å². The van der Waals surface area contributed by atoms with Gasteiger partial charge in [0.1, 0.15) is 11.3 Å². The Morgan fingerprint density at radius 2 is 2.19 bits per heavy atom. The van der Waals surface area contributed by atoms with E-state index in [1.807, 2.05) is 20.8 Å². The molecule has 1 rings (SSSR count). The Morgan fingerprint density at radius 1 is 1.52 bits per heavy atom. The lowest BCUT2D eigenvalue weighted by molar-refractivity contribution is -0.148. The zero-order valence-corrected chi connectivity index (χ0v) is 14.6. The number of rotatable bonds is 8. The van der Waals surface area contributed by atoms with Crippen molar-refractivity contribution in [2.45, 2.75) is 63.5 Å². The molecule has 120 valence electrons. The minimum atomic E-state index is -0.687. The van der Waals surface area contributed by atoms with Crippen LogP contribution < -0.4 is 5.32 Å². The van der Waals surface area contributed by atoms with Gasteiger partial charge < -0.3 is 14.5 Å². The van der Waals surface area contributed by atoms with E-state index >= 15 is 0 Å². The highest BCUT2D eigenvalue weighted by Gasteiger charge is 2.35. The summed E-state index contributed by atoms with van der Waals surface area (Å²) in [5, 5.41) is 4.12. The van der Waals surface area contributed by atoms with Crippen LogP contribution >= 0.6 is 11.8 Å². The number of ether oxygens (including phenoxy) is 1. The van der Waals surface area contributed by atoms with Crippen LogP contribution in [0, 0.1) is 13.8 Å². The third kappa shape index (κ3) is 5.04. The van der Waals surface area contributed by atoms with Gasteiger partial charge in [-0.05, 0) is 40.2 Å². The van der Waals surface area contributed by atoms with Gasteiger partial charge in [-0.25, -0.2) is 4.98 Å². The fourth-order valence-electron chi connectivity index (χ4n) is 2.14. The molecule has 0 aliphatic rings. The lowest BCUT2D eigenvalue weighted by atomic mass is 9.96. The van der Waals surface area contributed by atoms with Gasteiger partial charge in [0.25, 0.3) is 5.22 Å². The van der Waals surface area contributed by atoms with Gasteiger partial charge in [-0.2, -0.15) is 0 Å². The van der Waals surface area contributed by atoms with Gasteiger partial charge in [0.2, 0.25) is 0 Å². The molecule has 0 amide bonds. The van der Waals surface area contributed by atoms with Crippen LogP contribution in [0.1, 0.15) is 45.1 Å². The molecule has 21 heavy (non-hydrogen) atoms. The molecule has 0 saturated carbocycles. The van der Waals surface area contributed by atoms with E-state index in [1.54, 1.807) is 11.8 Å². The summed E-state index contributed by atoms with van der Waals surface area (Å²) in [5.74, 6) is 0.604. The topological polar surface area (TPSA) is 64.4 Å². The Kier molecular flexibility index (Phi) is 6.74. The van der Waals surface area contributed by atoms with Crippen LogP contribution in [0.5, 0.6) is 0 Å². The van der Waals surface area contributed by atoms with Gasteiger partial charge in [0, 0.05) is 5.25 Å². The summed E-state index contributed by atoms with van der Waals surface area (Å²) >= 11 is 1.54. The van der Waals surface area contributed by atoms with Crippen molar-refractivity contribution >= 4 is 17.7 Å². The maximum absolute atomic E-state index is 12.1. The van der Waals surface area contributed by atoms with E-state index < -0.39 is 5.54 Å². The summed E-state index contributed by atoms with van der Waals surface area (Å²) in [6.45, 7) is 10.6. The van der Waals surface area contributed by atoms with Gasteiger partial charge in [-0.3, -0.25) is 4.79 Å². The standard InChI is InChI=1S/C15H26N2O3S/c1-7-8-16-15(5,13(18)19-6)9-10(2)21-14-17-11(3)12(4)20-14/h10,16H,7-9H2,1-6H3. The maximum Gasteiger partial charge on any atom is 0.325 e. The fourth-order valence-corrected chi connectivity index (χ4v) is 3.26. The first-order valence-electron chi connectivity index (χ1n) is 7.26. The molecule has 0 aliphatic heterocycles. The normalized spacial score (nSPS) is 15.5. The summed E-state index contributed by atoms with van der Waals surface area (Å²) in [7, 11) is 1.42. The number of aryl methyl sites for hydroxylation is 2. The quantitative estimate of drug-likeness (QED) is 0.587. The molecule has 6 heteroatoms. The molecule has 5 nitrogen and oxygen atoms in total. The van der Waals surface area contributed by atoms with Crippen molar-refractivity contribution in [3.63, 3.8) is 0 Å². The molecular formula is C15H26N2O3S. The number of carbonyl (C=O) groups excluding carboxylic acids is 1. The van der Waals surface area contributed by atoms with Crippen molar-refractivity contribution in [1.82, 2.24) is 10.3 Å². The Morgan fingerprint density at radius 3 is 2.67 bits per heavy atom. The molecule has 1 aromatic heterocycles. The highest BCUT2D eigenvalue weighted by molar-refractivity contribution is 7.99. The Hall–Kier alpha value is -1.01. The highest BCUT2D eigenvalue weighted by Crippen LogP contribution is 2.29. The monoisotopic (exact) mass is 314 g/mol. The molecule has 0 aromatic carbocycles. The van der Waals surface area contributed by atoms with Crippen LogP contribution in [0.25, 0.3) is 0 Å². The van der Waals surface area contributed by atoms with Crippen molar-refractivity contribution in [2.75, 3.05) is 13.7 Å². The number of thioether (sulfide) groups is 1. The Bertz CT molecular complexity index is 456. The second kappa shape index (κ2) is 7.84. The number of methoxy groups -OCH3 is 1. The van der Waals surface area contributed by atoms with Crippen LogP contribution in [0.15, 0.2) is 9.64 Å².